The number of hydrogen-bond acceptors (Lipinski definition) is 3. The first-order chi connectivity index (χ1) is 13.6. The first-order valence-corrected chi connectivity index (χ1v) is 10.1. The molecule has 142 valence electrons. The lowest BCUT2D eigenvalue weighted by Gasteiger charge is -2.14. The molecule has 6 heteroatoms. The highest BCUT2D eigenvalue weighted by atomic mass is 79.9. The van der Waals surface area contributed by atoms with Crippen LogP contribution in [0, 0.1) is 0 Å². The Morgan fingerprint density at radius 1 is 1.21 bits per heavy atom. The molecule has 2 aromatic carbocycles. The SMILES string of the molecule is O=C(N[C@@H]1CCc2cc(Br)ccc2NC1=O)C1=NCC(Cc2ccccc2)=C1. The molecule has 0 aromatic heterocycles. The summed E-state index contributed by atoms with van der Waals surface area (Å²) in [6.45, 7) is 0.522. The molecule has 5 nitrogen and oxygen atoms in total. The molecule has 28 heavy (non-hydrogen) atoms. The lowest BCUT2D eigenvalue weighted by Crippen LogP contribution is -2.45. The van der Waals surface area contributed by atoms with Gasteiger partial charge in [0.2, 0.25) is 5.91 Å². The van der Waals surface area contributed by atoms with Crippen molar-refractivity contribution < 1.29 is 9.59 Å². The molecule has 2 amide bonds. The number of amides is 2. The highest BCUT2D eigenvalue weighted by molar-refractivity contribution is 9.10. The molecule has 2 aliphatic heterocycles. The standard InChI is InChI=1S/C22H20BrN3O2/c23-17-7-9-18-16(12-17)6-8-19(21(27)25-18)26-22(28)20-11-15(13-24-20)10-14-4-2-1-3-5-14/h1-5,7,9,11-12,19H,6,8,10,13H2,(H,25,27)(H,26,28)/t19-/m1/s1. The van der Waals surface area contributed by atoms with Crippen molar-refractivity contribution in [1.29, 1.82) is 0 Å². The summed E-state index contributed by atoms with van der Waals surface area (Å²) in [7, 11) is 0. The summed E-state index contributed by atoms with van der Waals surface area (Å²) >= 11 is 3.46. The maximum Gasteiger partial charge on any atom is 0.270 e. The van der Waals surface area contributed by atoms with Gasteiger partial charge in [0, 0.05) is 10.2 Å². The molecule has 2 aliphatic rings. The lowest BCUT2D eigenvalue weighted by molar-refractivity contribution is -0.123. The molecular weight excluding hydrogens is 418 g/mol. The van der Waals surface area contributed by atoms with Crippen LogP contribution in [-0.4, -0.2) is 30.1 Å². The van der Waals surface area contributed by atoms with E-state index in [0.29, 0.717) is 25.1 Å². The van der Waals surface area contributed by atoms with Crippen molar-refractivity contribution in [2.24, 2.45) is 4.99 Å². The number of fused-ring (bicyclic) bond motifs is 1. The van der Waals surface area contributed by atoms with E-state index in [0.717, 1.165) is 27.7 Å². The number of halogens is 1. The predicted molar refractivity (Wildman–Crippen MR) is 114 cm³/mol. The number of anilines is 1. The molecule has 0 aliphatic carbocycles. The van der Waals surface area contributed by atoms with Crippen molar-refractivity contribution >= 4 is 39.1 Å². The van der Waals surface area contributed by atoms with E-state index in [9.17, 15) is 9.59 Å². The van der Waals surface area contributed by atoms with Crippen LogP contribution in [-0.2, 0) is 22.4 Å². The minimum atomic E-state index is -0.576. The third-order valence-corrected chi connectivity index (χ3v) is 5.44. The van der Waals surface area contributed by atoms with E-state index in [1.807, 2.05) is 42.5 Å². The topological polar surface area (TPSA) is 70.6 Å². The monoisotopic (exact) mass is 437 g/mol. The third kappa shape index (κ3) is 4.22. The predicted octanol–water partition coefficient (Wildman–Crippen LogP) is 3.44. The molecule has 4 rings (SSSR count). The van der Waals surface area contributed by atoms with Gasteiger partial charge in [0.05, 0.1) is 6.54 Å². The van der Waals surface area contributed by atoms with E-state index >= 15 is 0 Å². The Kier molecular flexibility index (Phi) is 5.39. The van der Waals surface area contributed by atoms with E-state index in [4.69, 9.17) is 0 Å². The van der Waals surface area contributed by atoms with Gasteiger partial charge in [-0.05, 0) is 60.2 Å². The number of hydrogen-bond donors (Lipinski definition) is 2. The quantitative estimate of drug-likeness (QED) is 0.768. The van der Waals surface area contributed by atoms with Gasteiger partial charge < -0.3 is 10.6 Å². The summed E-state index contributed by atoms with van der Waals surface area (Å²) in [5, 5.41) is 5.75. The molecule has 0 fully saturated rings. The number of rotatable bonds is 4. The molecule has 0 saturated heterocycles. The molecule has 0 spiro atoms. The van der Waals surface area contributed by atoms with Gasteiger partial charge in [-0.2, -0.15) is 0 Å². The molecule has 2 N–H and O–H groups in total. The minimum absolute atomic E-state index is 0.193. The normalized spacial score (nSPS) is 18.5. The second kappa shape index (κ2) is 8.10. The smallest absolute Gasteiger partial charge is 0.270 e. The number of carbonyl (C=O) groups is 2. The van der Waals surface area contributed by atoms with Crippen LogP contribution >= 0.6 is 15.9 Å². The average Bonchev–Trinajstić information content (AvgIpc) is 3.10. The van der Waals surface area contributed by atoms with Gasteiger partial charge in [-0.15, -0.1) is 0 Å². The molecular formula is C22H20BrN3O2. The summed E-state index contributed by atoms with van der Waals surface area (Å²) in [5.41, 5.74) is 4.54. The first kappa shape index (κ1) is 18.6. The fraction of sp³-hybridized carbons (Fsp3) is 0.227. The second-order valence-corrected chi connectivity index (χ2v) is 7.94. The fourth-order valence-corrected chi connectivity index (χ4v) is 3.89. The van der Waals surface area contributed by atoms with Gasteiger partial charge in [-0.1, -0.05) is 46.3 Å². The Hall–Kier alpha value is -2.73. The van der Waals surface area contributed by atoms with Gasteiger partial charge in [0.1, 0.15) is 11.8 Å². The highest BCUT2D eigenvalue weighted by Crippen LogP contribution is 2.25. The molecule has 2 heterocycles. The molecule has 0 saturated carbocycles. The third-order valence-electron chi connectivity index (χ3n) is 4.95. The van der Waals surface area contributed by atoms with Crippen molar-refractivity contribution in [3.8, 4) is 0 Å². The molecule has 0 bridgehead atoms. The number of aliphatic imine (C=N–C) groups is 1. The zero-order chi connectivity index (χ0) is 19.5. The van der Waals surface area contributed by atoms with Crippen molar-refractivity contribution in [3.05, 3.63) is 75.8 Å². The van der Waals surface area contributed by atoms with Crippen molar-refractivity contribution in [2.45, 2.75) is 25.3 Å². The van der Waals surface area contributed by atoms with Crippen molar-refractivity contribution in [3.63, 3.8) is 0 Å². The second-order valence-electron chi connectivity index (χ2n) is 7.02. The van der Waals surface area contributed by atoms with Gasteiger partial charge in [-0.25, -0.2) is 0 Å². The van der Waals surface area contributed by atoms with Gasteiger partial charge in [0.25, 0.3) is 5.91 Å². The lowest BCUT2D eigenvalue weighted by atomic mass is 10.0. The maximum absolute atomic E-state index is 12.6. The summed E-state index contributed by atoms with van der Waals surface area (Å²) in [6, 6.07) is 15.3. The Morgan fingerprint density at radius 3 is 2.86 bits per heavy atom. The summed E-state index contributed by atoms with van der Waals surface area (Å²) in [4.78, 5) is 29.5. The van der Waals surface area contributed by atoms with Crippen LogP contribution < -0.4 is 10.6 Å². The van der Waals surface area contributed by atoms with E-state index in [1.165, 1.54) is 5.56 Å². The van der Waals surface area contributed by atoms with Crippen LogP contribution in [0.2, 0.25) is 0 Å². The van der Waals surface area contributed by atoms with Crippen LogP contribution in [0.25, 0.3) is 0 Å². The van der Waals surface area contributed by atoms with Crippen LogP contribution in [0.1, 0.15) is 17.5 Å². The van der Waals surface area contributed by atoms with Crippen LogP contribution in [0.15, 0.2) is 69.6 Å². The molecule has 1 atom stereocenters. The van der Waals surface area contributed by atoms with Gasteiger partial charge in [0.15, 0.2) is 0 Å². The Labute approximate surface area is 172 Å². The number of benzene rings is 2. The summed E-state index contributed by atoms with van der Waals surface area (Å²) in [6.07, 6.45) is 3.87. The van der Waals surface area contributed by atoms with Crippen molar-refractivity contribution in [1.82, 2.24) is 5.32 Å². The van der Waals surface area contributed by atoms with Crippen LogP contribution in [0.3, 0.4) is 0 Å². The zero-order valence-corrected chi connectivity index (χ0v) is 16.8. The van der Waals surface area contributed by atoms with Crippen molar-refractivity contribution in [2.75, 3.05) is 11.9 Å². The Balaban J connectivity index is 1.39. The largest absolute Gasteiger partial charge is 0.339 e. The number of nitrogens with zero attached hydrogens (tertiary/aromatic N) is 1. The number of nitrogens with one attached hydrogen (secondary N) is 2. The number of carbonyl (C=O) groups excluding carboxylic acids is 2. The molecule has 2 aromatic rings. The van der Waals surface area contributed by atoms with Gasteiger partial charge >= 0.3 is 0 Å². The average molecular weight is 438 g/mol. The fourth-order valence-electron chi connectivity index (χ4n) is 3.49. The summed E-state index contributed by atoms with van der Waals surface area (Å²) < 4.78 is 0.972. The van der Waals surface area contributed by atoms with Gasteiger partial charge in [-0.3, -0.25) is 14.6 Å². The Morgan fingerprint density at radius 2 is 2.04 bits per heavy atom. The minimum Gasteiger partial charge on any atom is -0.339 e. The maximum atomic E-state index is 12.6. The first-order valence-electron chi connectivity index (χ1n) is 9.26. The van der Waals surface area contributed by atoms with E-state index in [-0.39, 0.29) is 11.8 Å². The molecule has 0 unspecified atom stereocenters. The summed E-state index contributed by atoms with van der Waals surface area (Å²) in [5.74, 6) is -0.489. The molecule has 0 radical (unpaired) electrons. The van der Waals surface area contributed by atoms with Crippen LogP contribution in [0.4, 0.5) is 5.69 Å². The van der Waals surface area contributed by atoms with E-state index < -0.39 is 6.04 Å². The highest BCUT2D eigenvalue weighted by Gasteiger charge is 2.27. The van der Waals surface area contributed by atoms with E-state index in [1.54, 1.807) is 0 Å². The zero-order valence-electron chi connectivity index (χ0n) is 15.2. The van der Waals surface area contributed by atoms with E-state index in [2.05, 4.69) is 43.7 Å². The van der Waals surface area contributed by atoms with Crippen LogP contribution in [0.5, 0.6) is 0 Å². The number of aryl methyl sites for hydroxylation is 1. The Bertz CT molecular complexity index is 983.